The van der Waals surface area contributed by atoms with E-state index in [1.807, 2.05) is 43.1 Å². The molecule has 1 fully saturated rings. The van der Waals surface area contributed by atoms with E-state index in [9.17, 15) is 4.79 Å². The van der Waals surface area contributed by atoms with Crippen LogP contribution in [0.3, 0.4) is 0 Å². The van der Waals surface area contributed by atoms with Gasteiger partial charge in [0.1, 0.15) is 0 Å². The number of hydrogen-bond donors (Lipinski definition) is 0. The van der Waals surface area contributed by atoms with Crippen LogP contribution in [0.5, 0.6) is 0 Å². The van der Waals surface area contributed by atoms with Crippen molar-refractivity contribution in [2.45, 2.75) is 32.5 Å². The highest BCUT2D eigenvalue weighted by molar-refractivity contribution is 5.82. The Labute approximate surface area is 157 Å². The van der Waals surface area contributed by atoms with Gasteiger partial charge in [-0.25, -0.2) is 0 Å². The number of amides is 1. The third-order valence-corrected chi connectivity index (χ3v) is 5.33. The lowest BCUT2D eigenvalue weighted by atomic mass is 10.1. The molecule has 2 aromatic rings. The standard InChI is InChI=1S/C22H29N3O/c1-18-16-24(21-12-8-5-9-13-21)14-15-25(18)22(26)19(2)23(3)17-20-10-6-4-7-11-20/h4-13,18-19H,14-17H2,1-3H3. The fourth-order valence-electron chi connectivity index (χ4n) is 3.60. The first-order valence-electron chi connectivity index (χ1n) is 9.41. The summed E-state index contributed by atoms with van der Waals surface area (Å²) < 4.78 is 0. The van der Waals surface area contributed by atoms with E-state index in [2.05, 4.69) is 53.1 Å². The average molecular weight is 351 g/mol. The lowest BCUT2D eigenvalue weighted by Gasteiger charge is -2.42. The molecule has 3 rings (SSSR count). The van der Waals surface area contributed by atoms with Crippen molar-refractivity contribution in [2.75, 3.05) is 31.6 Å². The molecule has 2 atom stereocenters. The van der Waals surface area contributed by atoms with Gasteiger partial charge in [-0.05, 0) is 38.6 Å². The van der Waals surface area contributed by atoms with Crippen LogP contribution in [-0.4, -0.2) is 54.5 Å². The summed E-state index contributed by atoms with van der Waals surface area (Å²) >= 11 is 0. The Morgan fingerprint density at radius 3 is 2.31 bits per heavy atom. The van der Waals surface area contributed by atoms with Gasteiger partial charge in [-0.15, -0.1) is 0 Å². The summed E-state index contributed by atoms with van der Waals surface area (Å²) in [5.74, 6) is 0.226. The van der Waals surface area contributed by atoms with Crippen molar-refractivity contribution in [1.82, 2.24) is 9.80 Å². The highest BCUT2D eigenvalue weighted by Crippen LogP contribution is 2.20. The van der Waals surface area contributed by atoms with Crippen molar-refractivity contribution in [1.29, 1.82) is 0 Å². The topological polar surface area (TPSA) is 26.8 Å². The number of carbonyl (C=O) groups is 1. The predicted octanol–water partition coefficient (Wildman–Crippen LogP) is 3.24. The second kappa shape index (κ2) is 8.37. The van der Waals surface area contributed by atoms with Gasteiger partial charge in [-0.1, -0.05) is 48.5 Å². The summed E-state index contributed by atoms with van der Waals surface area (Å²) in [5.41, 5.74) is 2.47. The fraction of sp³-hybridized carbons (Fsp3) is 0.409. The number of para-hydroxylation sites is 1. The number of benzene rings is 2. The number of piperazine rings is 1. The van der Waals surface area contributed by atoms with Crippen molar-refractivity contribution < 1.29 is 4.79 Å². The van der Waals surface area contributed by atoms with Crippen molar-refractivity contribution in [3.05, 3.63) is 66.2 Å². The first-order valence-corrected chi connectivity index (χ1v) is 9.41. The SMILES string of the molecule is CC(C(=O)N1CCN(c2ccccc2)CC1C)N(C)Cc1ccccc1. The first-order chi connectivity index (χ1) is 12.6. The fourth-order valence-corrected chi connectivity index (χ4v) is 3.60. The Balaban J connectivity index is 1.59. The number of anilines is 1. The Bertz CT molecular complexity index is 704. The molecule has 1 amide bonds. The van der Waals surface area contributed by atoms with Gasteiger partial charge in [0.2, 0.25) is 5.91 Å². The summed E-state index contributed by atoms with van der Waals surface area (Å²) in [6, 6.07) is 20.9. The normalized spacial score (nSPS) is 18.8. The summed E-state index contributed by atoms with van der Waals surface area (Å²) in [6.07, 6.45) is 0. The molecule has 26 heavy (non-hydrogen) atoms. The number of rotatable bonds is 5. The van der Waals surface area contributed by atoms with Gasteiger partial charge in [-0.3, -0.25) is 9.69 Å². The molecule has 0 aliphatic carbocycles. The van der Waals surface area contributed by atoms with Gasteiger partial charge in [0.05, 0.1) is 6.04 Å². The molecule has 4 heteroatoms. The average Bonchev–Trinajstić information content (AvgIpc) is 2.68. The summed E-state index contributed by atoms with van der Waals surface area (Å²) in [4.78, 5) is 19.6. The van der Waals surface area contributed by atoms with Crippen LogP contribution in [0, 0.1) is 0 Å². The van der Waals surface area contributed by atoms with Gasteiger partial charge < -0.3 is 9.80 Å². The molecule has 1 aliphatic rings. The van der Waals surface area contributed by atoms with Gasteiger partial charge in [0, 0.05) is 37.9 Å². The lowest BCUT2D eigenvalue weighted by molar-refractivity contribution is -0.138. The number of carbonyl (C=O) groups excluding carboxylic acids is 1. The summed E-state index contributed by atoms with van der Waals surface area (Å²) in [7, 11) is 2.03. The Kier molecular flexibility index (Phi) is 5.94. The van der Waals surface area contributed by atoms with Crippen LogP contribution in [0.2, 0.25) is 0 Å². The minimum absolute atomic E-state index is 0.124. The van der Waals surface area contributed by atoms with Gasteiger partial charge in [-0.2, -0.15) is 0 Å². The smallest absolute Gasteiger partial charge is 0.240 e. The zero-order chi connectivity index (χ0) is 18.5. The van der Waals surface area contributed by atoms with E-state index in [1.54, 1.807) is 0 Å². The third-order valence-electron chi connectivity index (χ3n) is 5.33. The zero-order valence-electron chi connectivity index (χ0n) is 16.0. The van der Waals surface area contributed by atoms with E-state index in [-0.39, 0.29) is 18.0 Å². The third kappa shape index (κ3) is 4.25. The molecule has 0 spiro atoms. The maximum Gasteiger partial charge on any atom is 0.240 e. The number of hydrogen-bond acceptors (Lipinski definition) is 3. The highest BCUT2D eigenvalue weighted by Gasteiger charge is 2.31. The molecule has 138 valence electrons. The minimum Gasteiger partial charge on any atom is -0.368 e. The van der Waals surface area contributed by atoms with Gasteiger partial charge in [0.15, 0.2) is 0 Å². The van der Waals surface area contributed by atoms with Crippen LogP contribution >= 0.6 is 0 Å². The molecular weight excluding hydrogens is 322 g/mol. The van der Waals surface area contributed by atoms with E-state index in [1.165, 1.54) is 11.3 Å². The molecule has 1 saturated heterocycles. The second-order valence-electron chi connectivity index (χ2n) is 7.24. The van der Waals surface area contributed by atoms with Crippen molar-refractivity contribution in [2.24, 2.45) is 0 Å². The van der Waals surface area contributed by atoms with Gasteiger partial charge >= 0.3 is 0 Å². The Hall–Kier alpha value is -2.33. The van der Waals surface area contributed by atoms with Crippen LogP contribution in [-0.2, 0) is 11.3 Å². The molecule has 2 aromatic carbocycles. The molecule has 1 heterocycles. The van der Waals surface area contributed by atoms with Gasteiger partial charge in [0.25, 0.3) is 0 Å². The lowest BCUT2D eigenvalue weighted by Crippen LogP contribution is -2.57. The molecule has 2 unspecified atom stereocenters. The monoisotopic (exact) mass is 351 g/mol. The zero-order valence-corrected chi connectivity index (χ0v) is 16.0. The van der Waals surface area contributed by atoms with E-state index < -0.39 is 0 Å². The molecule has 1 aliphatic heterocycles. The van der Waals surface area contributed by atoms with E-state index >= 15 is 0 Å². The van der Waals surface area contributed by atoms with Crippen molar-refractivity contribution in [3.63, 3.8) is 0 Å². The minimum atomic E-state index is -0.124. The quantitative estimate of drug-likeness (QED) is 0.827. The number of likely N-dealkylation sites (N-methyl/N-ethyl adjacent to an activating group) is 1. The van der Waals surface area contributed by atoms with Crippen LogP contribution < -0.4 is 4.90 Å². The van der Waals surface area contributed by atoms with Crippen LogP contribution in [0.1, 0.15) is 19.4 Å². The molecule has 0 aromatic heterocycles. The molecule has 0 N–H and O–H groups in total. The molecule has 0 radical (unpaired) electrons. The van der Waals surface area contributed by atoms with Crippen molar-refractivity contribution in [3.8, 4) is 0 Å². The molecule has 0 saturated carbocycles. The highest BCUT2D eigenvalue weighted by atomic mass is 16.2. The summed E-state index contributed by atoms with van der Waals surface area (Å²) in [6.45, 7) is 7.49. The van der Waals surface area contributed by atoms with Crippen molar-refractivity contribution >= 4 is 11.6 Å². The van der Waals surface area contributed by atoms with Crippen LogP contribution in [0.25, 0.3) is 0 Å². The summed E-state index contributed by atoms with van der Waals surface area (Å²) in [5, 5.41) is 0. The number of nitrogens with zero attached hydrogens (tertiary/aromatic N) is 3. The predicted molar refractivity (Wildman–Crippen MR) is 107 cm³/mol. The van der Waals surface area contributed by atoms with E-state index in [4.69, 9.17) is 0 Å². The Morgan fingerprint density at radius 2 is 1.69 bits per heavy atom. The van der Waals surface area contributed by atoms with E-state index in [0.29, 0.717) is 0 Å². The molecule has 4 nitrogen and oxygen atoms in total. The van der Waals surface area contributed by atoms with Crippen LogP contribution in [0.4, 0.5) is 5.69 Å². The maximum atomic E-state index is 13.0. The second-order valence-corrected chi connectivity index (χ2v) is 7.24. The largest absolute Gasteiger partial charge is 0.368 e. The van der Waals surface area contributed by atoms with E-state index in [0.717, 1.165) is 26.2 Å². The molecule has 0 bridgehead atoms. The van der Waals surface area contributed by atoms with Crippen LogP contribution in [0.15, 0.2) is 60.7 Å². The first kappa shape index (κ1) is 18.5. The Morgan fingerprint density at radius 1 is 1.08 bits per heavy atom. The molecular formula is C22H29N3O. The maximum absolute atomic E-state index is 13.0.